The van der Waals surface area contributed by atoms with Crippen LogP contribution >= 0.6 is 11.6 Å². The third-order valence-corrected chi connectivity index (χ3v) is 7.00. The number of hydrogen-bond acceptors (Lipinski definition) is 12. The van der Waals surface area contributed by atoms with Gasteiger partial charge in [0.1, 0.15) is 22.2 Å². The van der Waals surface area contributed by atoms with E-state index in [4.69, 9.17) is 21.1 Å². The molecule has 1 N–H and O–H groups in total. The molecule has 2 amide bonds. The number of aromatic nitrogens is 2. The molecule has 272 valence electrons. The molecule has 2 aromatic heterocycles. The van der Waals surface area contributed by atoms with Crippen molar-refractivity contribution < 1.29 is 38.1 Å². The van der Waals surface area contributed by atoms with Gasteiger partial charge in [-0.2, -0.15) is 0 Å². The van der Waals surface area contributed by atoms with Crippen molar-refractivity contribution in [3.8, 4) is 0 Å². The number of carbonyl (C=O) groups is 4. The lowest BCUT2D eigenvalue weighted by Crippen LogP contribution is -2.50. The number of hydrogen-bond donors (Lipinski definition) is 1. The van der Waals surface area contributed by atoms with Crippen molar-refractivity contribution in [2.75, 3.05) is 71.5 Å². The number of nitrogens with zero attached hydrogens (tertiary/aromatic N) is 5. The summed E-state index contributed by atoms with van der Waals surface area (Å²) < 4.78 is 19.8. The van der Waals surface area contributed by atoms with Crippen LogP contribution in [0.2, 0.25) is 5.15 Å². The molecule has 2 fully saturated rings. The third-order valence-electron chi connectivity index (χ3n) is 6.77. The van der Waals surface area contributed by atoms with Gasteiger partial charge in [-0.05, 0) is 64.8 Å². The van der Waals surface area contributed by atoms with E-state index in [0.29, 0.717) is 31.3 Å². The van der Waals surface area contributed by atoms with Crippen LogP contribution in [-0.4, -0.2) is 122 Å². The number of esters is 2. The lowest BCUT2D eigenvalue weighted by Gasteiger charge is -2.36. The number of amides is 2. The van der Waals surface area contributed by atoms with E-state index in [1.807, 2.05) is 53.7 Å². The number of nitrogens with one attached hydrogen (secondary N) is 1. The second kappa shape index (κ2) is 19.7. The average Bonchev–Trinajstić information content (AvgIpc) is 3.05. The van der Waals surface area contributed by atoms with Crippen LogP contribution in [0.4, 0.5) is 15.4 Å². The Morgan fingerprint density at radius 1 is 0.694 bits per heavy atom. The summed E-state index contributed by atoms with van der Waals surface area (Å²) in [6.07, 6.45) is 3.22. The zero-order valence-corrected chi connectivity index (χ0v) is 30.7. The van der Waals surface area contributed by atoms with Crippen molar-refractivity contribution in [2.45, 2.75) is 65.6 Å². The summed E-state index contributed by atoms with van der Waals surface area (Å²) in [6, 6.07) is 7.15. The minimum atomic E-state index is -0.481. The SMILES string of the molecule is CC(C)(C)OC(=O)N1CCNCC1.COC(=O)Cc1ccc(Cl)nc1.COC(=O)Cc1ccc(N2CCN(C(=O)OC(C)(C)C)CC2)nc1. The summed E-state index contributed by atoms with van der Waals surface area (Å²) >= 11 is 5.55. The molecule has 2 aliphatic heterocycles. The monoisotopic (exact) mass is 706 g/mol. The van der Waals surface area contributed by atoms with Crippen LogP contribution in [0.15, 0.2) is 36.7 Å². The normalized spacial score (nSPS) is 14.7. The molecule has 14 nitrogen and oxygen atoms in total. The average molecular weight is 707 g/mol. The Balaban J connectivity index is 0.000000281. The molecule has 0 bridgehead atoms. The van der Waals surface area contributed by atoms with E-state index in [9.17, 15) is 19.2 Å². The highest BCUT2D eigenvalue weighted by molar-refractivity contribution is 6.29. The smallest absolute Gasteiger partial charge is 0.410 e. The quantitative estimate of drug-likeness (QED) is 0.270. The molecule has 0 aliphatic carbocycles. The minimum Gasteiger partial charge on any atom is -0.469 e. The van der Waals surface area contributed by atoms with Gasteiger partial charge in [0.05, 0.1) is 27.1 Å². The molecule has 0 radical (unpaired) electrons. The van der Waals surface area contributed by atoms with Gasteiger partial charge in [-0.25, -0.2) is 19.6 Å². The van der Waals surface area contributed by atoms with E-state index in [1.54, 1.807) is 34.3 Å². The van der Waals surface area contributed by atoms with Crippen LogP contribution in [0.25, 0.3) is 0 Å². The maximum absolute atomic E-state index is 12.1. The first-order valence-corrected chi connectivity index (χ1v) is 16.5. The topological polar surface area (TPSA) is 153 Å². The highest BCUT2D eigenvalue weighted by atomic mass is 35.5. The summed E-state index contributed by atoms with van der Waals surface area (Å²) in [5.41, 5.74) is 0.747. The first-order valence-electron chi connectivity index (χ1n) is 16.1. The molecule has 0 spiro atoms. The molecular formula is C34H51ClN6O8. The first kappa shape index (κ1) is 41.0. The van der Waals surface area contributed by atoms with Crippen molar-refractivity contribution >= 4 is 41.5 Å². The molecule has 4 rings (SSSR count). The Labute approximate surface area is 294 Å². The number of rotatable bonds is 5. The van der Waals surface area contributed by atoms with Crippen LogP contribution in [0.5, 0.6) is 0 Å². The maximum atomic E-state index is 12.1. The van der Waals surface area contributed by atoms with Crippen molar-refractivity contribution in [1.82, 2.24) is 25.1 Å². The fourth-order valence-electron chi connectivity index (χ4n) is 4.32. The van der Waals surface area contributed by atoms with E-state index < -0.39 is 5.60 Å². The number of halogens is 1. The number of carbonyl (C=O) groups excluding carboxylic acids is 4. The zero-order valence-electron chi connectivity index (χ0n) is 29.9. The third kappa shape index (κ3) is 16.7. The van der Waals surface area contributed by atoms with Gasteiger partial charge in [0, 0.05) is 64.8 Å². The lowest BCUT2D eigenvalue weighted by atomic mass is 10.2. The zero-order chi connectivity index (χ0) is 36.6. The Morgan fingerprint density at radius 3 is 1.53 bits per heavy atom. The summed E-state index contributed by atoms with van der Waals surface area (Å²) in [6.45, 7) is 17.0. The van der Waals surface area contributed by atoms with Gasteiger partial charge in [-0.15, -0.1) is 0 Å². The van der Waals surface area contributed by atoms with Crippen molar-refractivity contribution in [3.63, 3.8) is 0 Å². The van der Waals surface area contributed by atoms with Crippen molar-refractivity contribution in [3.05, 3.63) is 52.9 Å². The number of pyridine rings is 2. The van der Waals surface area contributed by atoms with E-state index in [0.717, 1.165) is 43.1 Å². The van der Waals surface area contributed by atoms with E-state index in [-0.39, 0.29) is 42.6 Å². The Kier molecular flexibility index (Phi) is 16.5. The number of methoxy groups -OCH3 is 2. The van der Waals surface area contributed by atoms with Crippen molar-refractivity contribution in [1.29, 1.82) is 0 Å². The molecule has 15 heteroatoms. The Bertz CT molecular complexity index is 1330. The van der Waals surface area contributed by atoms with Gasteiger partial charge in [0.15, 0.2) is 0 Å². The molecule has 2 aromatic rings. The molecule has 2 aliphatic rings. The summed E-state index contributed by atoms with van der Waals surface area (Å²) in [5, 5.41) is 3.60. The number of ether oxygens (including phenoxy) is 4. The largest absolute Gasteiger partial charge is 0.469 e. The molecule has 0 atom stereocenters. The van der Waals surface area contributed by atoms with Crippen LogP contribution in [-0.2, 0) is 41.4 Å². The summed E-state index contributed by atoms with van der Waals surface area (Å²) in [5.74, 6) is 0.280. The van der Waals surface area contributed by atoms with Gasteiger partial charge in [-0.1, -0.05) is 23.7 Å². The van der Waals surface area contributed by atoms with Gasteiger partial charge < -0.3 is 39.0 Å². The molecule has 0 aromatic carbocycles. The maximum Gasteiger partial charge on any atom is 0.410 e. The van der Waals surface area contributed by atoms with Gasteiger partial charge in [-0.3, -0.25) is 9.59 Å². The Hall–Kier alpha value is -4.17. The fourth-order valence-corrected chi connectivity index (χ4v) is 4.43. The van der Waals surface area contributed by atoms with Crippen LogP contribution in [0.3, 0.4) is 0 Å². The lowest BCUT2D eigenvalue weighted by molar-refractivity contribution is -0.140. The molecule has 49 heavy (non-hydrogen) atoms. The standard InChI is InChI=1S/C17H25N3O4.C9H18N2O2.C8H8ClNO2/c1-17(2,3)24-16(22)20-9-7-19(8-10-20)14-6-5-13(12-18-14)11-15(21)23-4;1-9(2,3)13-8(12)11-6-4-10-5-7-11;1-12-8(11)4-6-2-3-7(9)10-5-6/h5-6,12H,7-11H2,1-4H3;10H,4-7H2,1-3H3;2-3,5H,4H2,1H3. The summed E-state index contributed by atoms with van der Waals surface area (Å²) in [4.78, 5) is 59.4. The fraction of sp³-hybridized carbons (Fsp3) is 0.588. The minimum absolute atomic E-state index is 0.200. The molecule has 0 unspecified atom stereocenters. The molecule has 0 saturated carbocycles. The first-order chi connectivity index (χ1) is 23.0. The van der Waals surface area contributed by atoms with E-state index >= 15 is 0 Å². The predicted molar refractivity (Wildman–Crippen MR) is 186 cm³/mol. The highest BCUT2D eigenvalue weighted by Gasteiger charge is 2.26. The predicted octanol–water partition coefficient (Wildman–Crippen LogP) is 4.13. The molecular weight excluding hydrogens is 656 g/mol. The van der Waals surface area contributed by atoms with Gasteiger partial charge >= 0.3 is 24.1 Å². The van der Waals surface area contributed by atoms with Crippen LogP contribution in [0, 0.1) is 0 Å². The van der Waals surface area contributed by atoms with Gasteiger partial charge in [0.25, 0.3) is 0 Å². The van der Waals surface area contributed by atoms with Crippen molar-refractivity contribution in [2.24, 2.45) is 0 Å². The van der Waals surface area contributed by atoms with Crippen LogP contribution in [0.1, 0.15) is 52.7 Å². The van der Waals surface area contributed by atoms with E-state index in [2.05, 4.69) is 29.7 Å². The number of anilines is 1. The molecule has 2 saturated heterocycles. The molecule has 4 heterocycles. The second-order valence-electron chi connectivity index (χ2n) is 13.2. The van der Waals surface area contributed by atoms with Crippen LogP contribution < -0.4 is 10.2 Å². The van der Waals surface area contributed by atoms with Gasteiger partial charge in [0.2, 0.25) is 0 Å². The highest BCUT2D eigenvalue weighted by Crippen LogP contribution is 2.17. The van der Waals surface area contributed by atoms with E-state index in [1.165, 1.54) is 14.2 Å². The summed E-state index contributed by atoms with van der Waals surface area (Å²) in [7, 11) is 2.72. The second-order valence-corrected chi connectivity index (χ2v) is 13.6. The Morgan fingerprint density at radius 2 is 1.14 bits per heavy atom. The number of piperazine rings is 2.